The fourth-order valence-corrected chi connectivity index (χ4v) is 0.513. The van der Waals surface area contributed by atoms with Gasteiger partial charge in [0.2, 0.25) is 0 Å². The molecule has 0 aliphatic carbocycles. The summed E-state index contributed by atoms with van der Waals surface area (Å²) in [6.45, 7) is 2.00. The van der Waals surface area contributed by atoms with Crippen LogP contribution in [0.2, 0.25) is 0 Å². The molecule has 0 saturated heterocycles. The zero-order valence-electron chi connectivity index (χ0n) is 4.62. The monoisotopic (exact) mass is 102 g/mol. The van der Waals surface area contributed by atoms with Crippen LogP contribution in [0, 0.1) is 0 Å². The molecule has 38 valence electrons. The van der Waals surface area contributed by atoms with Crippen LogP contribution in [0.25, 0.3) is 0 Å². The molecule has 8 heavy (non-hydrogen) atoms. The minimum absolute atomic E-state index is 2.00. The Kier molecular flexibility index (Phi) is 2.11. The molecule has 1 rings (SSSR count). The second-order valence-corrected chi connectivity index (χ2v) is 1.54. The molecule has 1 heteroatoms. The molecule has 0 amide bonds. The molecular weight excluding hydrogens is 94.9 g/mol. The third-order valence-electron chi connectivity index (χ3n) is 0.889. The summed E-state index contributed by atoms with van der Waals surface area (Å²) in [6, 6.07) is 0. The Morgan fingerprint density at radius 2 is 1.50 bits per heavy atom. The average molecular weight is 102 g/mol. The molecule has 1 heterocycles. The zero-order chi connectivity index (χ0) is 5.66. The van der Waals surface area contributed by atoms with Gasteiger partial charge in [-0.25, -0.2) is 0 Å². The first kappa shape index (κ1) is 5.29. The van der Waals surface area contributed by atoms with Crippen molar-refractivity contribution >= 4 is 12.9 Å². The average Bonchev–Trinajstić information content (AvgIpc) is 1.62. The van der Waals surface area contributed by atoms with Gasteiger partial charge in [-0.15, -0.1) is 0 Å². The van der Waals surface area contributed by atoms with Crippen LogP contribution in [0.5, 0.6) is 0 Å². The van der Waals surface area contributed by atoms with E-state index >= 15 is 0 Å². The fourth-order valence-electron chi connectivity index (χ4n) is 0.513. The van der Waals surface area contributed by atoms with Gasteiger partial charge in [0.05, 0.1) is 0 Å². The molecule has 0 bridgehead atoms. The van der Waals surface area contributed by atoms with Crippen LogP contribution >= 0.6 is 0 Å². The molecule has 0 radical (unpaired) electrons. The Balaban J connectivity index is 2.67. The van der Waals surface area contributed by atoms with E-state index in [2.05, 4.69) is 0 Å². The van der Waals surface area contributed by atoms with Gasteiger partial charge in [-0.05, 0) is 0 Å². The summed E-state index contributed by atoms with van der Waals surface area (Å²) in [5.74, 6) is 4.00. The van der Waals surface area contributed by atoms with Crippen molar-refractivity contribution in [1.29, 1.82) is 0 Å². The standard InChI is InChI=1S/C7H7B/c1-2-4-6-8-7-5-3-1/h1-7H. The van der Waals surface area contributed by atoms with E-state index in [1.54, 1.807) is 0 Å². The van der Waals surface area contributed by atoms with Crippen molar-refractivity contribution in [2.45, 2.75) is 0 Å². The van der Waals surface area contributed by atoms with Crippen molar-refractivity contribution in [3.63, 3.8) is 0 Å². The SMILES string of the molecule is B1=CC=CC=CC=C1. The molecule has 0 nitrogen and oxygen atoms in total. The molecule has 0 saturated carbocycles. The van der Waals surface area contributed by atoms with Gasteiger partial charge in [0.15, 0.2) is 0 Å². The molecule has 0 atom stereocenters. The summed E-state index contributed by atoms with van der Waals surface area (Å²) < 4.78 is 0. The number of hydrogen-bond acceptors (Lipinski definition) is 0. The van der Waals surface area contributed by atoms with E-state index in [0.29, 0.717) is 0 Å². The molecule has 0 aromatic carbocycles. The summed E-state index contributed by atoms with van der Waals surface area (Å²) in [5.41, 5.74) is 0. The van der Waals surface area contributed by atoms with E-state index in [1.807, 2.05) is 49.2 Å². The third kappa shape index (κ3) is 1.74. The predicted octanol–water partition coefficient (Wildman–Crippen LogP) is 1.13. The first-order valence-corrected chi connectivity index (χ1v) is 2.67. The van der Waals surface area contributed by atoms with Crippen molar-refractivity contribution in [1.82, 2.24) is 0 Å². The van der Waals surface area contributed by atoms with Gasteiger partial charge in [0.25, 0.3) is 0 Å². The van der Waals surface area contributed by atoms with Crippen molar-refractivity contribution in [3.05, 3.63) is 36.4 Å². The van der Waals surface area contributed by atoms with Crippen LogP contribution in [0.15, 0.2) is 36.4 Å². The van der Waals surface area contributed by atoms with Gasteiger partial charge < -0.3 is 0 Å². The zero-order valence-corrected chi connectivity index (χ0v) is 4.62. The quantitative estimate of drug-likeness (QED) is 0.402. The Hall–Kier alpha value is -0.845. The molecule has 0 unspecified atom stereocenters. The van der Waals surface area contributed by atoms with Crippen molar-refractivity contribution in [2.75, 3.05) is 0 Å². The second-order valence-electron chi connectivity index (χ2n) is 1.54. The van der Waals surface area contributed by atoms with Gasteiger partial charge >= 0.3 is 49.2 Å². The molecule has 0 aromatic heterocycles. The van der Waals surface area contributed by atoms with E-state index in [1.165, 1.54) is 0 Å². The Morgan fingerprint density at radius 3 is 2.50 bits per heavy atom. The molecular formula is C7H7B. The Morgan fingerprint density at radius 1 is 0.750 bits per heavy atom. The van der Waals surface area contributed by atoms with Gasteiger partial charge in [-0.3, -0.25) is 0 Å². The second kappa shape index (κ2) is 3.19. The van der Waals surface area contributed by atoms with Crippen LogP contribution in [0.4, 0.5) is 0 Å². The molecule has 1 aliphatic heterocycles. The van der Waals surface area contributed by atoms with Crippen LogP contribution < -0.4 is 0 Å². The Labute approximate surface area is 50.1 Å². The number of allylic oxidation sites excluding steroid dienone is 5. The molecule has 0 spiro atoms. The van der Waals surface area contributed by atoms with E-state index in [0.717, 1.165) is 0 Å². The van der Waals surface area contributed by atoms with Gasteiger partial charge in [0.1, 0.15) is 0 Å². The summed E-state index contributed by atoms with van der Waals surface area (Å²) in [5, 5.41) is 0. The van der Waals surface area contributed by atoms with E-state index in [-0.39, 0.29) is 0 Å². The van der Waals surface area contributed by atoms with Crippen LogP contribution in [-0.4, -0.2) is 12.9 Å². The molecule has 1 aliphatic rings. The van der Waals surface area contributed by atoms with Gasteiger partial charge in [-0.2, -0.15) is 0 Å². The Bertz CT molecular complexity index is 105. The maximum absolute atomic E-state index is 2.00. The van der Waals surface area contributed by atoms with Gasteiger partial charge in [-0.1, -0.05) is 0 Å². The minimum atomic E-state index is 2.00. The topological polar surface area (TPSA) is 0 Å². The molecule has 0 N–H and O–H groups in total. The first-order valence-electron chi connectivity index (χ1n) is 2.67. The van der Waals surface area contributed by atoms with Crippen molar-refractivity contribution < 1.29 is 0 Å². The molecule has 0 fully saturated rings. The summed E-state index contributed by atoms with van der Waals surface area (Å²) in [4.78, 5) is 0. The van der Waals surface area contributed by atoms with Crippen molar-refractivity contribution in [2.24, 2.45) is 0 Å². The van der Waals surface area contributed by atoms with Crippen LogP contribution in [0.3, 0.4) is 0 Å². The predicted molar refractivity (Wildman–Crippen MR) is 39.2 cm³/mol. The third-order valence-corrected chi connectivity index (χ3v) is 0.889. The van der Waals surface area contributed by atoms with Gasteiger partial charge in [0, 0.05) is 0 Å². The fraction of sp³-hybridized carbons (Fsp3) is 0. The van der Waals surface area contributed by atoms with Crippen LogP contribution in [0.1, 0.15) is 0 Å². The maximum atomic E-state index is 2.00. The number of hydrogen-bond donors (Lipinski definition) is 0. The molecule has 0 aromatic rings. The van der Waals surface area contributed by atoms with Crippen LogP contribution in [-0.2, 0) is 0 Å². The number of rotatable bonds is 0. The van der Waals surface area contributed by atoms with E-state index in [4.69, 9.17) is 0 Å². The van der Waals surface area contributed by atoms with E-state index < -0.39 is 0 Å². The first-order chi connectivity index (χ1) is 4.00. The summed E-state index contributed by atoms with van der Waals surface area (Å²) >= 11 is 0. The normalized spacial score (nSPS) is 15.0. The van der Waals surface area contributed by atoms with E-state index in [9.17, 15) is 0 Å². The summed E-state index contributed by atoms with van der Waals surface area (Å²) in [6.07, 6.45) is 10.0. The van der Waals surface area contributed by atoms with Crippen molar-refractivity contribution in [3.8, 4) is 0 Å². The summed E-state index contributed by atoms with van der Waals surface area (Å²) in [7, 11) is 0.